The topological polar surface area (TPSA) is 105 Å². The smallest absolute Gasteiger partial charge is 0.225 e. The zero-order valence-corrected chi connectivity index (χ0v) is 15.8. The Morgan fingerprint density at radius 1 is 1.46 bits per heavy atom. The van der Waals surface area contributed by atoms with Crippen LogP contribution in [-0.2, 0) is 21.9 Å². The predicted molar refractivity (Wildman–Crippen MR) is 94.6 cm³/mol. The van der Waals surface area contributed by atoms with Gasteiger partial charge in [0.1, 0.15) is 0 Å². The summed E-state index contributed by atoms with van der Waals surface area (Å²) in [5.74, 6) is -0.382. The van der Waals surface area contributed by atoms with Crippen LogP contribution in [0.3, 0.4) is 0 Å². The van der Waals surface area contributed by atoms with Crippen LogP contribution >= 0.6 is 12.4 Å². The number of nitrogens with one attached hydrogen (secondary N) is 3. The van der Waals surface area contributed by atoms with Crippen molar-refractivity contribution in [1.82, 2.24) is 25.1 Å². The van der Waals surface area contributed by atoms with Gasteiger partial charge in [0.15, 0.2) is 0 Å². The Labute approximate surface area is 149 Å². The van der Waals surface area contributed by atoms with Gasteiger partial charge in [0, 0.05) is 44.8 Å². The Hall–Kier alpha value is -1.16. The molecule has 24 heavy (non-hydrogen) atoms. The van der Waals surface area contributed by atoms with Crippen LogP contribution in [0.2, 0.25) is 0 Å². The average Bonchev–Trinajstić information content (AvgIpc) is 3.04. The van der Waals surface area contributed by atoms with E-state index in [-0.39, 0.29) is 48.5 Å². The number of sulfonamides is 1. The number of nitrogens with zero attached hydrogens (tertiary/aromatic N) is 2. The van der Waals surface area contributed by atoms with E-state index in [2.05, 4.69) is 20.5 Å². The first-order chi connectivity index (χ1) is 10.8. The maximum absolute atomic E-state index is 12.4. The number of rotatable bonds is 7. The highest BCUT2D eigenvalue weighted by Crippen LogP contribution is 2.27. The molecule has 0 aromatic carbocycles. The lowest BCUT2D eigenvalue weighted by Crippen LogP contribution is -2.40. The van der Waals surface area contributed by atoms with Gasteiger partial charge in [-0.2, -0.15) is 5.10 Å². The predicted octanol–water partition coefficient (Wildman–Crippen LogP) is -0.411. The van der Waals surface area contributed by atoms with Crippen LogP contribution in [0.1, 0.15) is 25.3 Å². The van der Waals surface area contributed by atoms with Crippen molar-refractivity contribution in [3.63, 3.8) is 0 Å². The molecule has 0 saturated carbocycles. The van der Waals surface area contributed by atoms with Gasteiger partial charge in [-0.3, -0.25) is 9.48 Å². The molecule has 3 N–H and O–H groups in total. The molecule has 2 rings (SSSR count). The summed E-state index contributed by atoms with van der Waals surface area (Å²) in [6.07, 6.45) is 3.68. The Balaban J connectivity index is 0.00000288. The second kappa shape index (κ2) is 8.80. The minimum atomic E-state index is -3.36. The Kier molecular flexibility index (Phi) is 7.65. The molecule has 0 aliphatic carbocycles. The highest BCUT2D eigenvalue weighted by atomic mass is 35.5. The van der Waals surface area contributed by atoms with Gasteiger partial charge < -0.3 is 10.6 Å². The molecule has 2 heterocycles. The summed E-state index contributed by atoms with van der Waals surface area (Å²) in [6, 6.07) is -0.148. The first-order valence-corrected chi connectivity index (χ1v) is 9.40. The van der Waals surface area contributed by atoms with E-state index in [4.69, 9.17) is 0 Å². The molecule has 1 saturated heterocycles. The van der Waals surface area contributed by atoms with Crippen molar-refractivity contribution in [3.8, 4) is 0 Å². The molecule has 1 aliphatic rings. The standard InChI is InChI=1S/C14H25N5O3S.ClH/c1-10(2)18-23(21,22)5-4-16-14(20)13-8-15-7-12(13)11-6-17-19(3)9-11;/h6,9-10,12-13,15,18H,4-5,7-8H2,1-3H3,(H,16,20);1H/t12-,13+;/m1./s1. The first-order valence-electron chi connectivity index (χ1n) is 7.75. The third kappa shape index (κ3) is 5.73. The number of carbonyl (C=O) groups is 1. The molecule has 0 bridgehead atoms. The van der Waals surface area contributed by atoms with Gasteiger partial charge in [0.25, 0.3) is 0 Å². The van der Waals surface area contributed by atoms with Gasteiger partial charge in [-0.25, -0.2) is 13.1 Å². The van der Waals surface area contributed by atoms with E-state index in [0.29, 0.717) is 6.54 Å². The van der Waals surface area contributed by atoms with Crippen molar-refractivity contribution in [2.45, 2.75) is 25.8 Å². The molecule has 8 nitrogen and oxygen atoms in total. The minimum absolute atomic E-state index is 0. The van der Waals surface area contributed by atoms with Gasteiger partial charge in [-0.05, 0) is 19.4 Å². The molecule has 138 valence electrons. The zero-order valence-electron chi connectivity index (χ0n) is 14.2. The molecule has 1 amide bonds. The van der Waals surface area contributed by atoms with Crippen LogP contribution in [0.15, 0.2) is 12.4 Å². The first kappa shape index (κ1) is 20.9. The fourth-order valence-corrected chi connectivity index (χ4v) is 4.00. The number of aryl methyl sites for hydroxylation is 1. The number of hydrogen-bond donors (Lipinski definition) is 3. The van der Waals surface area contributed by atoms with Crippen LogP contribution in [0.5, 0.6) is 0 Å². The summed E-state index contributed by atoms with van der Waals surface area (Å²) in [7, 11) is -1.52. The molecule has 0 spiro atoms. The second-order valence-electron chi connectivity index (χ2n) is 6.20. The largest absolute Gasteiger partial charge is 0.355 e. The lowest BCUT2D eigenvalue weighted by atomic mass is 9.90. The third-order valence-electron chi connectivity index (χ3n) is 3.79. The van der Waals surface area contributed by atoms with Gasteiger partial charge in [-0.15, -0.1) is 12.4 Å². The van der Waals surface area contributed by atoms with E-state index in [0.717, 1.165) is 12.1 Å². The summed E-state index contributed by atoms with van der Waals surface area (Å²) in [4.78, 5) is 12.4. The molecule has 1 aromatic heterocycles. The maximum Gasteiger partial charge on any atom is 0.225 e. The number of carbonyl (C=O) groups excluding carboxylic acids is 1. The summed E-state index contributed by atoms with van der Waals surface area (Å²) >= 11 is 0. The Bertz CT molecular complexity index is 647. The molecule has 10 heteroatoms. The molecule has 1 aliphatic heterocycles. The highest BCUT2D eigenvalue weighted by Gasteiger charge is 2.34. The van der Waals surface area contributed by atoms with E-state index < -0.39 is 10.0 Å². The number of aromatic nitrogens is 2. The quantitative estimate of drug-likeness (QED) is 0.597. The van der Waals surface area contributed by atoms with Crippen LogP contribution in [-0.4, -0.2) is 55.5 Å². The minimum Gasteiger partial charge on any atom is -0.355 e. The van der Waals surface area contributed by atoms with Crippen molar-refractivity contribution in [3.05, 3.63) is 18.0 Å². The maximum atomic E-state index is 12.4. The average molecular weight is 380 g/mol. The SMILES string of the molecule is CC(C)NS(=O)(=O)CCNC(=O)[C@H]1CNC[C@@H]1c1cnn(C)c1.Cl. The van der Waals surface area contributed by atoms with Crippen molar-refractivity contribution >= 4 is 28.3 Å². The van der Waals surface area contributed by atoms with Gasteiger partial charge in [0.05, 0.1) is 17.9 Å². The monoisotopic (exact) mass is 379 g/mol. The summed E-state index contributed by atoms with van der Waals surface area (Å²) < 4.78 is 27.7. The summed E-state index contributed by atoms with van der Waals surface area (Å²) in [5, 5.41) is 10.1. The van der Waals surface area contributed by atoms with E-state index >= 15 is 0 Å². The number of halogens is 1. The Morgan fingerprint density at radius 3 is 2.75 bits per heavy atom. The van der Waals surface area contributed by atoms with Crippen LogP contribution < -0.4 is 15.4 Å². The fourth-order valence-electron chi connectivity index (χ4n) is 2.79. The lowest BCUT2D eigenvalue weighted by molar-refractivity contribution is -0.124. The molecule has 1 aromatic rings. The summed E-state index contributed by atoms with van der Waals surface area (Å²) in [6.45, 7) is 4.94. The highest BCUT2D eigenvalue weighted by molar-refractivity contribution is 7.89. The van der Waals surface area contributed by atoms with Gasteiger partial charge >= 0.3 is 0 Å². The second-order valence-corrected chi connectivity index (χ2v) is 8.07. The van der Waals surface area contributed by atoms with Crippen LogP contribution in [0.25, 0.3) is 0 Å². The van der Waals surface area contributed by atoms with Gasteiger partial charge in [0.2, 0.25) is 15.9 Å². The zero-order chi connectivity index (χ0) is 17.0. The van der Waals surface area contributed by atoms with E-state index in [1.54, 1.807) is 24.7 Å². The van der Waals surface area contributed by atoms with Crippen molar-refractivity contribution < 1.29 is 13.2 Å². The van der Waals surface area contributed by atoms with Gasteiger partial charge in [-0.1, -0.05) is 0 Å². The van der Waals surface area contributed by atoms with Crippen LogP contribution in [0.4, 0.5) is 0 Å². The van der Waals surface area contributed by atoms with E-state index in [9.17, 15) is 13.2 Å². The third-order valence-corrected chi connectivity index (χ3v) is 5.36. The lowest BCUT2D eigenvalue weighted by Gasteiger charge is -2.17. The number of hydrogen-bond acceptors (Lipinski definition) is 5. The number of amides is 1. The molecule has 1 fully saturated rings. The van der Waals surface area contributed by atoms with Crippen molar-refractivity contribution in [2.75, 3.05) is 25.4 Å². The molecule has 0 radical (unpaired) electrons. The Morgan fingerprint density at radius 2 is 2.17 bits per heavy atom. The van der Waals surface area contributed by atoms with Crippen molar-refractivity contribution in [1.29, 1.82) is 0 Å². The van der Waals surface area contributed by atoms with Crippen LogP contribution in [0, 0.1) is 5.92 Å². The molecule has 0 unspecified atom stereocenters. The van der Waals surface area contributed by atoms with E-state index in [1.165, 1.54) is 0 Å². The molecular weight excluding hydrogens is 354 g/mol. The molecule has 2 atom stereocenters. The molecular formula is C14H26ClN5O3S. The normalized spacial score (nSPS) is 20.8. The van der Waals surface area contributed by atoms with E-state index in [1.807, 2.05) is 13.2 Å². The fraction of sp³-hybridized carbons (Fsp3) is 0.714. The van der Waals surface area contributed by atoms with Crippen molar-refractivity contribution in [2.24, 2.45) is 13.0 Å². The summed E-state index contributed by atoms with van der Waals surface area (Å²) in [5.41, 5.74) is 1.02.